The van der Waals surface area contributed by atoms with E-state index in [-0.39, 0.29) is 5.54 Å². The van der Waals surface area contributed by atoms with Crippen LogP contribution in [0, 0.1) is 11.3 Å². The van der Waals surface area contributed by atoms with Crippen molar-refractivity contribution in [1.29, 1.82) is 0 Å². The average Bonchev–Trinajstić information content (AvgIpc) is 2.46. The quantitative estimate of drug-likeness (QED) is 0.842. The Morgan fingerprint density at radius 2 is 2.10 bits per heavy atom. The summed E-state index contributed by atoms with van der Waals surface area (Å²) in [5, 5.41) is 3.74. The van der Waals surface area contributed by atoms with Gasteiger partial charge in [0.1, 0.15) is 0 Å². The van der Waals surface area contributed by atoms with E-state index in [1.54, 1.807) is 0 Å². The van der Waals surface area contributed by atoms with E-state index in [0.29, 0.717) is 5.41 Å². The molecule has 2 saturated heterocycles. The van der Waals surface area contributed by atoms with Gasteiger partial charge >= 0.3 is 0 Å². The van der Waals surface area contributed by atoms with Gasteiger partial charge in [-0.3, -0.25) is 0 Å². The Morgan fingerprint density at radius 3 is 2.71 bits per heavy atom. The van der Waals surface area contributed by atoms with E-state index in [2.05, 4.69) is 37.9 Å². The Kier molecular flexibility index (Phi) is 6.10. The molecule has 0 radical (unpaired) electrons. The number of piperidine rings is 1. The molecule has 3 nitrogen and oxygen atoms in total. The first-order valence-corrected chi connectivity index (χ1v) is 8.98. The number of rotatable bonds is 5. The van der Waals surface area contributed by atoms with Crippen LogP contribution in [0.2, 0.25) is 0 Å². The van der Waals surface area contributed by atoms with E-state index in [0.717, 1.165) is 25.7 Å². The molecular formula is C18H36N2O. The zero-order valence-corrected chi connectivity index (χ0v) is 14.7. The molecule has 0 spiro atoms. The third-order valence-corrected chi connectivity index (χ3v) is 5.14. The predicted octanol–water partition coefficient (Wildman–Crippen LogP) is 3.29. The van der Waals surface area contributed by atoms with Gasteiger partial charge in [0, 0.05) is 37.2 Å². The zero-order valence-electron chi connectivity index (χ0n) is 14.7. The fourth-order valence-electron chi connectivity index (χ4n) is 3.79. The molecule has 0 amide bonds. The molecule has 2 aliphatic rings. The molecule has 3 heteroatoms. The summed E-state index contributed by atoms with van der Waals surface area (Å²) in [5.41, 5.74) is 0.513. The van der Waals surface area contributed by atoms with Crippen molar-refractivity contribution in [3.05, 3.63) is 0 Å². The second-order valence-corrected chi connectivity index (χ2v) is 8.41. The van der Waals surface area contributed by atoms with Crippen LogP contribution in [0.4, 0.5) is 0 Å². The van der Waals surface area contributed by atoms with E-state index in [1.807, 2.05) is 0 Å². The molecule has 0 aliphatic carbocycles. The molecule has 2 heterocycles. The summed E-state index contributed by atoms with van der Waals surface area (Å²) < 4.78 is 5.88. The van der Waals surface area contributed by atoms with Crippen LogP contribution in [0.5, 0.6) is 0 Å². The first-order valence-electron chi connectivity index (χ1n) is 8.98. The second-order valence-electron chi connectivity index (χ2n) is 8.41. The number of likely N-dealkylation sites (tertiary alicyclic amines) is 1. The van der Waals surface area contributed by atoms with E-state index < -0.39 is 0 Å². The Labute approximate surface area is 131 Å². The highest BCUT2D eigenvalue weighted by Gasteiger charge is 2.36. The smallest absolute Gasteiger partial charge is 0.0546 e. The first kappa shape index (κ1) is 17.2. The van der Waals surface area contributed by atoms with Gasteiger partial charge in [-0.2, -0.15) is 0 Å². The average molecular weight is 296 g/mol. The Hall–Kier alpha value is -0.120. The van der Waals surface area contributed by atoms with Gasteiger partial charge in [-0.15, -0.1) is 0 Å². The van der Waals surface area contributed by atoms with Crippen molar-refractivity contribution in [3.63, 3.8) is 0 Å². The molecule has 124 valence electrons. The van der Waals surface area contributed by atoms with Crippen molar-refractivity contribution < 1.29 is 4.74 Å². The second kappa shape index (κ2) is 7.43. The lowest BCUT2D eigenvalue weighted by atomic mass is 9.80. The van der Waals surface area contributed by atoms with Crippen LogP contribution in [0.3, 0.4) is 0 Å². The van der Waals surface area contributed by atoms with Gasteiger partial charge in [0.25, 0.3) is 0 Å². The van der Waals surface area contributed by atoms with Crippen molar-refractivity contribution in [1.82, 2.24) is 10.2 Å². The van der Waals surface area contributed by atoms with Crippen LogP contribution >= 0.6 is 0 Å². The highest BCUT2D eigenvalue weighted by atomic mass is 16.5. The van der Waals surface area contributed by atoms with Crippen LogP contribution in [-0.4, -0.2) is 49.8 Å². The van der Waals surface area contributed by atoms with Crippen LogP contribution in [0.25, 0.3) is 0 Å². The Bertz CT molecular complexity index is 305. The molecule has 0 aromatic carbocycles. The highest BCUT2D eigenvalue weighted by molar-refractivity contribution is 4.90. The molecular weight excluding hydrogens is 260 g/mol. The first-order chi connectivity index (χ1) is 9.92. The lowest BCUT2D eigenvalue weighted by Gasteiger charge is -2.44. The van der Waals surface area contributed by atoms with Gasteiger partial charge in [0.2, 0.25) is 0 Å². The highest BCUT2D eigenvalue weighted by Crippen LogP contribution is 2.31. The van der Waals surface area contributed by atoms with Gasteiger partial charge in [0.05, 0.1) is 6.61 Å². The van der Waals surface area contributed by atoms with Crippen LogP contribution in [0.1, 0.15) is 59.8 Å². The molecule has 0 aromatic heterocycles. The van der Waals surface area contributed by atoms with Crippen molar-refractivity contribution in [2.45, 2.75) is 65.3 Å². The number of nitrogens with one attached hydrogen (secondary N) is 1. The Morgan fingerprint density at radius 1 is 1.29 bits per heavy atom. The van der Waals surface area contributed by atoms with Crippen LogP contribution in [-0.2, 0) is 4.74 Å². The summed E-state index contributed by atoms with van der Waals surface area (Å²) >= 11 is 0. The summed E-state index contributed by atoms with van der Waals surface area (Å²) in [7, 11) is 0. The minimum absolute atomic E-state index is 0.193. The number of ether oxygens (including phenoxy) is 1. The molecule has 2 fully saturated rings. The molecule has 2 unspecified atom stereocenters. The number of nitrogens with zero attached hydrogens (tertiary/aromatic N) is 1. The van der Waals surface area contributed by atoms with E-state index in [4.69, 9.17) is 4.74 Å². The van der Waals surface area contributed by atoms with Gasteiger partial charge in [-0.1, -0.05) is 13.3 Å². The summed E-state index contributed by atoms with van der Waals surface area (Å²) in [5.74, 6) is 0.913. The standard InChI is InChI=1S/C18H36N2O/c1-5-16-8-6-10-20(12-16)14-18(9-7-11-21-15-18)13-19-17(2,3)4/h16,19H,5-15H2,1-4H3. The monoisotopic (exact) mass is 296 g/mol. The maximum atomic E-state index is 5.88. The summed E-state index contributed by atoms with van der Waals surface area (Å²) in [6.45, 7) is 15.9. The lowest BCUT2D eigenvalue weighted by molar-refractivity contribution is -0.0345. The summed E-state index contributed by atoms with van der Waals surface area (Å²) in [4.78, 5) is 2.72. The van der Waals surface area contributed by atoms with Crippen LogP contribution in [0.15, 0.2) is 0 Å². The molecule has 21 heavy (non-hydrogen) atoms. The van der Waals surface area contributed by atoms with Crippen molar-refractivity contribution in [3.8, 4) is 0 Å². The predicted molar refractivity (Wildman–Crippen MR) is 89.7 cm³/mol. The molecule has 0 bridgehead atoms. The third-order valence-electron chi connectivity index (χ3n) is 5.14. The summed E-state index contributed by atoms with van der Waals surface area (Å²) in [6, 6.07) is 0. The van der Waals surface area contributed by atoms with E-state index >= 15 is 0 Å². The summed E-state index contributed by atoms with van der Waals surface area (Å²) in [6.07, 6.45) is 6.67. The zero-order chi connectivity index (χ0) is 15.3. The van der Waals surface area contributed by atoms with E-state index in [1.165, 1.54) is 51.7 Å². The maximum absolute atomic E-state index is 5.88. The minimum Gasteiger partial charge on any atom is -0.381 e. The molecule has 2 rings (SSSR count). The third kappa shape index (κ3) is 5.54. The van der Waals surface area contributed by atoms with E-state index in [9.17, 15) is 0 Å². The van der Waals surface area contributed by atoms with Crippen molar-refractivity contribution in [2.75, 3.05) is 39.4 Å². The Balaban J connectivity index is 1.95. The van der Waals surface area contributed by atoms with Gasteiger partial charge < -0.3 is 15.0 Å². The maximum Gasteiger partial charge on any atom is 0.0546 e. The minimum atomic E-state index is 0.193. The molecule has 0 saturated carbocycles. The van der Waals surface area contributed by atoms with Crippen molar-refractivity contribution in [2.24, 2.45) is 11.3 Å². The van der Waals surface area contributed by atoms with Crippen molar-refractivity contribution >= 4 is 0 Å². The molecule has 2 atom stereocenters. The van der Waals surface area contributed by atoms with Crippen LogP contribution < -0.4 is 5.32 Å². The molecule has 1 N–H and O–H groups in total. The molecule has 0 aromatic rings. The lowest BCUT2D eigenvalue weighted by Crippen LogP contribution is -2.53. The number of hydrogen-bond acceptors (Lipinski definition) is 3. The largest absolute Gasteiger partial charge is 0.381 e. The normalized spacial score (nSPS) is 32.3. The number of hydrogen-bond donors (Lipinski definition) is 1. The fraction of sp³-hybridized carbons (Fsp3) is 1.00. The van der Waals surface area contributed by atoms with Gasteiger partial charge in [-0.05, 0) is 58.9 Å². The fourth-order valence-corrected chi connectivity index (χ4v) is 3.79. The topological polar surface area (TPSA) is 24.5 Å². The van der Waals surface area contributed by atoms with Gasteiger partial charge in [0.15, 0.2) is 0 Å². The van der Waals surface area contributed by atoms with Gasteiger partial charge in [-0.25, -0.2) is 0 Å². The molecule has 2 aliphatic heterocycles. The SMILES string of the molecule is CCC1CCCN(CC2(CNC(C)(C)C)CCCOC2)C1.